The summed E-state index contributed by atoms with van der Waals surface area (Å²) in [6, 6.07) is 12.6. The van der Waals surface area contributed by atoms with Gasteiger partial charge in [-0.25, -0.2) is 4.98 Å². The number of anilines is 2. The number of benzene rings is 1. The molecule has 1 aromatic carbocycles. The van der Waals surface area contributed by atoms with Crippen LogP contribution in [0, 0.1) is 27.9 Å². The molecule has 2 aromatic rings. The van der Waals surface area contributed by atoms with Crippen molar-refractivity contribution in [2.75, 3.05) is 29.4 Å². The molecule has 2 N–H and O–H groups in total. The van der Waals surface area contributed by atoms with Crippen LogP contribution >= 0.6 is 0 Å². The Kier molecular flexibility index (Phi) is 5.63. The van der Waals surface area contributed by atoms with E-state index in [1.165, 1.54) is 0 Å². The molecule has 5 aliphatic rings. The fourth-order valence-corrected chi connectivity index (χ4v) is 7.47. The topological polar surface area (TPSA) is 112 Å². The summed E-state index contributed by atoms with van der Waals surface area (Å²) in [5.74, 6) is 1.99. The number of carbonyl (C=O) groups excluding carboxylic acids is 1. The zero-order valence-corrected chi connectivity index (χ0v) is 20.5. The molecule has 9 heteroatoms. The average molecular weight is 492 g/mol. The van der Waals surface area contributed by atoms with Crippen molar-refractivity contribution in [1.29, 1.82) is 0 Å². The molecular weight excluding hydrogens is 458 g/mol. The van der Waals surface area contributed by atoms with Gasteiger partial charge >= 0.3 is 0 Å². The van der Waals surface area contributed by atoms with E-state index in [4.69, 9.17) is 4.98 Å². The van der Waals surface area contributed by atoms with E-state index in [1.54, 1.807) is 30.3 Å². The highest BCUT2D eigenvalue weighted by molar-refractivity contribution is 5.93. The van der Waals surface area contributed by atoms with Crippen LogP contribution in [0.2, 0.25) is 0 Å². The zero-order chi connectivity index (χ0) is 25.0. The van der Waals surface area contributed by atoms with E-state index in [-0.39, 0.29) is 28.6 Å². The van der Waals surface area contributed by atoms with Crippen LogP contribution in [0.15, 0.2) is 42.5 Å². The number of nitrogens with zero attached hydrogens (tertiary/aromatic N) is 4. The molecule has 3 atom stereocenters. The van der Waals surface area contributed by atoms with Gasteiger partial charge in [0, 0.05) is 49.5 Å². The number of nitro benzene ring substituents is 1. The summed E-state index contributed by atoms with van der Waals surface area (Å²) in [7, 11) is 0. The van der Waals surface area contributed by atoms with Crippen molar-refractivity contribution < 1.29 is 14.8 Å². The fraction of sp³-hybridized carbons (Fsp3) is 0.556. The number of carbonyl (C=O) groups is 1. The van der Waals surface area contributed by atoms with Gasteiger partial charge in [-0.05, 0) is 81.0 Å². The molecule has 9 nitrogen and oxygen atoms in total. The van der Waals surface area contributed by atoms with Crippen molar-refractivity contribution in [3.05, 3.63) is 58.3 Å². The molecule has 1 saturated heterocycles. The third-order valence-electron chi connectivity index (χ3n) is 8.85. The van der Waals surface area contributed by atoms with Crippen LogP contribution in [0.4, 0.5) is 17.2 Å². The Morgan fingerprint density at radius 3 is 2.47 bits per heavy atom. The van der Waals surface area contributed by atoms with Crippen LogP contribution in [0.3, 0.4) is 0 Å². The smallest absolute Gasteiger partial charge is 0.270 e. The van der Waals surface area contributed by atoms with Crippen LogP contribution in [0.5, 0.6) is 0 Å². The maximum Gasteiger partial charge on any atom is 0.270 e. The first-order chi connectivity index (χ1) is 17.3. The molecule has 190 valence electrons. The normalized spacial score (nSPS) is 33.0. The molecule has 36 heavy (non-hydrogen) atoms. The molecule has 4 aliphatic carbocycles. The number of pyridine rings is 1. The Morgan fingerprint density at radius 2 is 1.83 bits per heavy atom. The number of aliphatic hydroxyl groups is 1. The molecule has 1 aliphatic heterocycles. The van der Waals surface area contributed by atoms with E-state index in [9.17, 15) is 20.0 Å². The van der Waals surface area contributed by atoms with Gasteiger partial charge in [0.2, 0.25) is 0 Å². The SMILES string of the molecule is CC1CN(c2ccc([N+](=O)[O-])cc2)CCN1c1cccc(C(=O)NC2C3CC4CC2CC(O)(C4)C3)n1. The third kappa shape index (κ3) is 4.19. The fourth-order valence-electron chi connectivity index (χ4n) is 7.47. The quantitative estimate of drug-likeness (QED) is 0.487. The summed E-state index contributed by atoms with van der Waals surface area (Å²) in [5.41, 5.74) is 0.982. The van der Waals surface area contributed by atoms with Crippen LogP contribution in [0.25, 0.3) is 0 Å². The third-order valence-corrected chi connectivity index (χ3v) is 8.85. The Labute approximate surface area is 210 Å². The van der Waals surface area contributed by atoms with E-state index >= 15 is 0 Å². The first-order valence-electron chi connectivity index (χ1n) is 13.0. The van der Waals surface area contributed by atoms with Gasteiger partial charge in [0.15, 0.2) is 0 Å². The second-order valence-corrected chi connectivity index (χ2v) is 11.3. The maximum absolute atomic E-state index is 13.2. The van der Waals surface area contributed by atoms with Gasteiger partial charge in [-0.1, -0.05) is 6.07 Å². The molecule has 2 heterocycles. The molecule has 7 rings (SSSR count). The number of non-ortho nitro benzene ring substituents is 1. The van der Waals surface area contributed by atoms with Crippen LogP contribution in [0.1, 0.15) is 49.5 Å². The standard InChI is InChI=1S/C27H33N5O4/c1-17-16-30(21-5-7-22(8-6-21)32(35)36)9-10-31(17)24-4-2-3-23(28-24)26(33)29-25-19-11-18-12-20(25)15-27(34,13-18)14-19/h2-8,17-20,25,34H,9-16H2,1H3,(H,29,33). The van der Waals surface area contributed by atoms with Crippen molar-refractivity contribution in [1.82, 2.24) is 10.3 Å². The summed E-state index contributed by atoms with van der Waals surface area (Å²) >= 11 is 0. The predicted octanol–water partition coefficient (Wildman–Crippen LogP) is 3.37. The number of hydrogen-bond donors (Lipinski definition) is 2. The van der Waals surface area contributed by atoms with E-state index < -0.39 is 5.60 Å². The lowest BCUT2D eigenvalue weighted by molar-refractivity contribution is -0.384. The summed E-state index contributed by atoms with van der Waals surface area (Å²) in [6.07, 6.45) is 4.74. The number of amides is 1. The van der Waals surface area contributed by atoms with Gasteiger partial charge < -0.3 is 20.2 Å². The van der Waals surface area contributed by atoms with Gasteiger partial charge in [-0.3, -0.25) is 14.9 Å². The Hall–Kier alpha value is -3.20. The van der Waals surface area contributed by atoms with E-state index in [1.807, 2.05) is 12.1 Å². The number of aromatic nitrogens is 1. The predicted molar refractivity (Wildman–Crippen MR) is 136 cm³/mol. The molecule has 4 saturated carbocycles. The van der Waals surface area contributed by atoms with Gasteiger partial charge in [-0.15, -0.1) is 0 Å². The minimum absolute atomic E-state index is 0.0919. The van der Waals surface area contributed by atoms with E-state index in [2.05, 4.69) is 22.0 Å². The molecule has 0 radical (unpaired) electrons. The summed E-state index contributed by atoms with van der Waals surface area (Å²) < 4.78 is 0. The molecule has 1 aromatic heterocycles. The van der Waals surface area contributed by atoms with Crippen molar-refractivity contribution >= 4 is 23.1 Å². The molecular formula is C27H33N5O4. The number of nitro groups is 1. The van der Waals surface area contributed by atoms with Crippen LogP contribution < -0.4 is 15.1 Å². The minimum Gasteiger partial charge on any atom is -0.390 e. The molecule has 3 unspecified atom stereocenters. The molecule has 5 fully saturated rings. The lowest BCUT2D eigenvalue weighted by atomic mass is 9.52. The van der Waals surface area contributed by atoms with Crippen molar-refractivity contribution in [3.63, 3.8) is 0 Å². The summed E-state index contributed by atoms with van der Waals surface area (Å²) in [6.45, 7) is 4.38. The minimum atomic E-state index is -0.511. The van der Waals surface area contributed by atoms with Crippen molar-refractivity contribution in [2.24, 2.45) is 17.8 Å². The van der Waals surface area contributed by atoms with E-state index in [0.29, 0.717) is 23.4 Å². The summed E-state index contributed by atoms with van der Waals surface area (Å²) in [5, 5.41) is 25.1. The molecule has 4 bridgehead atoms. The highest BCUT2D eigenvalue weighted by Gasteiger charge is 2.55. The zero-order valence-electron chi connectivity index (χ0n) is 20.5. The monoisotopic (exact) mass is 491 g/mol. The Balaban J connectivity index is 1.11. The van der Waals surface area contributed by atoms with E-state index in [0.717, 1.165) is 63.2 Å². The molecule has 0 spiro atoms. The second kappa shape index (κ2) is 8.73. The van der Waals surface area contributed by atoms with Crippen molar-refractivity contribution in [2.45, 2.75) is 56.7 Å². The first kappa shape index (κ1) is 23.2. The number of hydrogen-bond acceptors (Lipinski definition) is 7. The number of nitrogens with one attached hydrogen (secondary N) is 1. The molecule has 1 amide bonds. The second-order valence-electron chi connectivity index (χ2n) is 11.3. The highest BCUT2D eigenvalue weighted by atomic mass is 16.6. The maximum atomic E-state index is 13.2. The Bertz CT molecular complexity index is 1160. The average Bonchev–Trinajstić information content (AvgIpc) is 2.85. The van der Waals surface area contributed by atoms with Gasteiger partial charge in [0.25, 0.3) is 11.6 Å². The largest absolute Gasteiger partial charge is 0.390 e. The number of piperazine rings is 1. The Morgan fingerprint density at radius 1 is 1.11 bits per heavy atom. The lowest BCUT2D eigenvalue weighted by Crippen LogP contribution is -2.61. The highest BCUT2D eigenvalue weighted by Crippen LogP contribution is 2.55. The van der Waals surface area contributed by atoms with Gasteiger partial charge in [-0.2, -0.15) is 0 Å². The lowest BCUT2D eigenvalue weighted by Gasteiger charge is -2.58. The summed E-state index contributed by atoms with van der Waals surface area (Å²) in [4.78, 5) is 33.0. The van der Waals surface area contributed by atoms with Crippen LogP contribution in [-0.4, -0.2) is 58.2 Å². The van der Waals surface area contributed by atoms with Gasteiger partial charge in [0.05, 0.1) is 10.5 Å². The van der Waals surface area contributed by atoms with Gasteiger partial charge in [0.1, 0.15) is 11.5 Å². The first-order valence-corrected chi connectivity index (χ1v) is 13.0. The van der Waals surface area contributed by atoms with Crippen molar-refractivity contribution in [3.8, 4) is 0 Å². The number of rotatable bonds is 5. The van der Waals surface area contributed by atoms with Crippen LogP contribution in [-0.2, 0) is 0 Å².